The number of aliphatic carboxylic acids is 1. The highest BCUT2D eigenvalue weighted by Gasteiger charge is 2.36. The van der Waals surface area contributed by atoms with Gasteiger partial charge in [-0.15, -0.1) is 0 Å². The van der Waals surface area contributed by atoms with Crippen LogP contribution >= 0.6 is 0 Å². The summed E-state index contributed by atoms with van der Waals surface area (Å²) in [4.78, 5) is 23.6. The van der Waals surface area contributed by atoms with Crippen molar-refractivity contribution in [3.8, 4) is 0 Å². The molecule has 0 spiro atoms. The van der Waals surface area contributed by atoms with Crippen LogP contribution in [-0.4, -0.2) is 17.0 Å². The first-order valence-corrected chi connectivity index (χ1v) is 7.27. The first kappa shape index (κ1) is 15.5. The summed E-state index contributed by atoms with van der Waals surface area (Å²) in [6, 6.07) is 5.66. The van der Waals surface area contributed by atoms with E-state index in [2.05, 4.69) is 5.32 Å². The van der Waals surface area contributed by atoms with Gasteiger partial charge in [0.1, 0.15) is 5.82 Å². The molecular formula is C16H20FNO3. The fourth-order valence-electron chi connectivity index (χ4n) is 2.90. The second kappa shape index (κ2) is 6.70. The third kappa shape index (κ3) is 3.80. The molecule has 1 amide bonds. The fraction of sp³-hybridized carbons (Fsp3) is 0.500. The molecule has 0 radical (unpaired) electrons. The van der Waals surface area contributed by atoms with Crippen LogP contribution in [0.3, 0.4) is 0 Å². The summed E-state index contributed by atoms with van der Waals surface area (Å²) < 4.78 is 12.9. The van der Waals surface area contributed by atoms with Gasteiger partial charge in [0.25, 0.3) is 0 Å². The summed E-state index contributed by atoms with van der Waals surface area (Å²) in [5.41, 5.74) is 0.799. The van der Waals surface area contributed by atoms with Gasteiger partial charge in [-0.05, 0) is 37.5 Å². The van der Waals surface area contributed by atoms with Gasteiger partial charge >= 0.3 is 5.97 Å². The highest BCUT2D eigenvalue weighted by atomic mass is 19.1. The normalized spacial score (nSPS) is 23.3. The summed E-state index contributed by atoms with van der Waals surface area (Å²) in [6.07, 6.45) is 2.90. The van der Waals surface area contributed by atoms with Gasteiger partial charge in [0, 0.05) is 0 Å². The third-order valence-electron chi connectivity index (χ3n) is 4.15. The van der Waals surface area contributed by atoms with E-state index in [1.807, 2.05) is 6.92 Å². The summed E-state index contributed by atoms with van der Waals surface area (Å²) >= 11 is 0. The van der Waals surface area contributed by atoms with Crippen LogP contribution in [0.5, 0.6) is 0 Å². The Morgan fingerprint density at radius 2 is 1.76 bits per heavy atom. The van der Waals surface area contributed by atoms with E-state index in [0.717, 1.165) is 18.4 Å². The maximum absolute atomic E-state index is 12.9. The van der Waals surface area contributed by atoms with Crippen molar-refractivity contribution in [2.45, 2.75) is 38.6 Å². The number of rotatable bonds is 4. The average Bonchev–Trinajstić information content (AvgIpc) is 2.47. The van der Waals surface area contributed by atoms with Gasteiger partial charge in [0.05, 0.1) is 17.9 Å². The van der Waals surface area contributed by atoms with Crippen LogP contribution in [0.15, 0.2) is 24.3 Å². The number of benzene rings is 1. The Labute approximate surface area is 123 Å². The van der Waals surface area contributed by atoms with Crippen LogP contribution in [0.2, 0.25) is 0 Å². The zero-order chi connectivity index (χ0) is 15.4. The van der Waals surface area contributed by atoms with Crippen LogP contribution in [-0.2, 0) is 9.59 Å². The molecule has 3 atom stereocenters. The molecule has 0 aliphatic heterocycles. The summed E-state index contributed by atoms with van der Waals surface area (Å²) in [5, 5.41) is 12.1. The van der Waals surface area contributed by atoms with E-state index in [0.29, 0.717) is 12.8 Å². The maximum atomic E-state index is 12.9. The summed E-state index contributed by atoms with van der Waals surface area (Å²) in [6.45, 7) is 1.81. The van der Waals surface area contributed by atoms with E-state index >= 15 is 0 Å². The second-order valence-corrected chi connectivity index (χ2v) is 5.62. The molecule has 2 rings (SSSR count). The van der Waals surface area contributed by atoms with Crippen LogP contribution in [0.4, 0.5) is 4.39 Å². The van der Waals surface area contributed by atoms with E-state index in [1.54, 1.807) is 12.1 Å². The van der Waals surface area contributed by atoms with Crippen molar-refractivity contribution in [3.05, 3.63) is 35.6 Å². The maximum Gasteiger partial charge on any atom is 0.307 e. The molecule has 1 aliphatic carbocycles. The second-order valence-electron chi connectivity index (χ2n) is 5.62. The zero-order valence-corrected chi connectivity index (χ0v) is 12.0. The Balaban J connectivity index is 2.02. The van der Waals surface area contributed by atoms with Crippen LogP contribution in [0.25, 0.3) is 0 Å². The van der Waals surface area contributed by atoms with Gasteiger partial charge in [-0.1, -0.05) is 25.0 Å². The standard InChI is InChI=1S/C16H20FNO3/c1-10(11-6-8-12(17)9-7-11)18-15(19)13-4-2-3-5-14(13)16(20)21/h6-10,13-14H,2-5H2,1H3,(H,18,19)(H,20,21)/t10-,13?,14?/m1/s1. The van der Waals surface area contributed by atoms with Gasteiger partial charge < -0.3 is 10.4 Å². The quantitative estimate of drug-likeness (QED) is 0.897. The number of hydrogen-bond donors (Lipinski definition) is 2. The molecular weight excluding hydrogens is 273 g/mol. The predicted molar refractivity (Wildman–Crippen MR) is 76.0 cm³/mol. The average molecular weight is 293 g/mol. The first-order chi connectivity index (χ1) is 9.99. The number of carboxylic acid groups (broad SMARTS) is 1. The van der Waals surface area contributed by atoms with Crippen LogP contribution < -0.4 is 5.32 Å². The molecule has 0 saturated heterocycles. The molecule has 2 unspecified atom stereocenters. The van der Waals surface area contributed by atoms with Crippen LogP contribution in [0, 0.1) is 17.7 Å². The molecule has 1 aromatic rings. The number of carboxylic acids is 1. The molecule has 0 heterocycles. The minimum atomic E-state index is -0.899. The van der Waals surface area contributed by atoms with Crippen molar-refractivity contribution < 1.29 is 19.1 Å². The van der Waals surface area contributed by atoms with Gasteiger partial charge in [0.15, 0.2) is 0 Å². The van der Waals surface area contributed by atoms with Gasteiger partial charge in [-0.2, -0.15) is 0 Å². The molecule has 1 aromatic carbocycles. The fourth-order valence-corrected chi connectivity index (χ4v) is 2.90. The molecule has 2 N–H and O–H groups in total. The predicted octanol–water partition coefficient (Wildman–Crippen LogP) is 2.89. The number of amides is 1. The highest BCUT2D eigenvalue weighted by Crippen LogP contribution is 2.31. The lowest BCUT2D eigenvalue weighted by atomic mass is 9.78. The Kier molecular flexibility index (Phi) is 4.94. The lowest BCUT2D eigenvalue weighted by Gasteiger charge is -2.28. The number of carbonyl (C=O) groups is 2. The number of hydrogen-bond acceptors (Lipinski definition) is 2. The van der Waals surface area contributed by atoms with Gasteiger partial charge in [-0.25, -0.2) is 4.39 Å². The minimum Gasteiger partial charge on any atom is -0.481 e. The third-order valence-corrected chi connectivity index (χ3v) is 4.15. The van der Waals surface area contributed by atoms with E-state index < -0.39 is 17.8 Å². The molecule has 21 heavy (non-hydrogen) atoms. The highest BCUT2D eigenvalue weighted by molar-refractivity contribution is 5.85. The van der Waals surface area contributed by atoms with Gasteiger partial charge in [-0.3, -0.25) is 9.59 Å². The van der Waals surface area contributed by atoms with E-state index in [1.165, 1.54) is 12.1 Å². The van der Waals surface area contributed by atoms with Crippen molar-refractivity contribution in [2.24, 2.45) is 11.8 Å². The van der Waals surface area contributed by atoms with Crippen molar-refractivity contribution in [2.75, 3.05) is 0 Å². The molecule has 4 nitrogen and oxygen atoms in total. The van der Waals surface area contributed by atoms with Gasteiger partial charge in [0.2, 0.25) is 5.91 Å². The van der Waals surface area contributed by atoms with E-state index in [4.69, 9.17) is 0 Å². The Morgan fingerprint density at radius 3 is 2.33 bits per heavy atom. The molecule has 5 heteroatoms. The van der Waals surface area contributed by atoms with Crippen molar-refractivity contribution in [1.29, 1.82) is 0 Å². The molecule has 0 bridgehead atoms. The van der Waals surface area contributed by atoms with Crippen molar-refractivity contribution in [3.63, 3.8) is 0 Å². The molecule has 1 aliphatic rings. The minimum absolute atomic E-state index is 0.223. The van der Waals surface area contributed by atoms with Crippen molar-refractivity contribution >= 4 is 11.9 Å². The Hall–Kier alpha value is -1.91. The Bertz CT molecular complexity index is 515. The van der Waals surface area contributed by atoms with Crippen molar-refractivity contribution in [1.82, 2.24) is 5.32 Å². The number of halogens is 1. The molecule has 114 valence electrons. The SMILES string of the molecule is C[C@@H](NC(=O)C1CCCCC1C(=O)O)c1ccc(F)cc1. The Morgan fingerprint density at radius 1 is 1.19 bits per heavy atom. The number of carbonyl (C=O) groups excluding carboxylic acids is 1. The molecule has 1 fully saturated rings. The first-order valence-electron chi connectivity index (χ1n) is 7.27. The topological polar surface area (TPSA) is 66.4 Å². The largest absolute Gasteiger partial charge is 0.481 e. The zero-order valence-electron chi connectivity index (χ0n) is 12.0. The lowest BCUT2D eigenvalue weighted by molar-refractivity contribution is -0.149. The lowest BCUT2D eigenvalue weighted by Crippen LogP contribution is -2.40. The molecule has 0 aromatic heterocycles. The molecule has 1 saturated carbocycles. The van der Waals surface area contributed by atoms with Crippen LogP contribution in [0.1, 0.15) is 44.2 Å². The monoisotopic (exact) mass is 293 g/mol. The summed E-state index contributed by atoms with van der Waals surface area (Å²) in [5.74, 6) is -2.52. The van der Waals surface area contributed by atoms with E-state index in [-0.39, 0.29) is 17.8 Å². The summed E-state index contributed by atoms with van der Waals surface area (Å²) in [7, 11) is 0. The van der Waals surface area contributed by atoms with E-state index in [9.17, 15) is 19.1 Å². The smallest absolute Gasteiger partial charge is 0.307 e. The number of nitrogens with one attached hydrogen (secondary N) is 1.